The molecular formula is C22H20F4N4O3. The first-order valence-electron chi connectivity index (χ1n) is 9.91. The van der Waals surface area contributed by atoms with Crippen molar-refractivity contribution in [2.24, 2.45) is 0 Å². The molecule has 1 aliphatic rings. The number of hydrogen-bond acceptors (Lipinski definition) is 5. The van der Waals surface area contributed by atoms with Gasteiger partial charge in [-0.2, -0.15) is 18.3 Å². The molecule has 0 saturated heterocycles. The van der Waals surface area contributed by atoms with Crippen LogP contribution >= 0.6 is 0 Å². The second kappa shape index (κ2) is 8.64. The van der Waals surface area contributed by atoms with Crippen LogP contribution in [0.1, 0.15) is 34.6 Å². The first kappa shape index (κ1) is 22.4. The molecule has 174 valence electrons. The van der Waals surface area contributed by atoms with E-state index >= 15 is 0 Å². The zero-order valence-corrected chi connectivity index (χ0v) is 17.6. The van der Waals surface area contributed by atoms with Gasteiger partial charge in [-0.15, -0.1) is 0 Å². The lowest BCUT2D eigenvalue weighted by Crippen LogP contribution is -2.35. The second-order valence-electron chi connectivity index (χ2n) is 7.42. The number of carbonyl (C=O) groups excluding carboxylic acids is 1. The van der Waals surface area contributed by atoms with Crippen LogP contribution in [0.15, 0.2) is 48.5 Å². The van der Waals surface area contributed by atoms with Crippen LogP contribution in [0.25, 0.3) is 0 Å². The molecule has 2 aromatic carbocycles. The zero-order valence-electron chi connectivity index (χ0n) is 17.6. The first-order valence-corrected chi connectivity index (χ1v) is 9.91. The van der Waals surface area contributed by atoms with E-state index in [1.807, 2.05) is 0 Å². The van der Waals surface area contributed by atoms with E-state index in [0.29, 0.717) is 22.7 Å². The third-order valence-corrected chi connectivity index (χ3v) is 5.35. The molecule has 1 aliphatic heterocycles. The summed E-state index contributed by atoms with van der Waals surface area (Å²) in [5.41, 5.74) is 0.593. The summed E-state index contributed by atoms with van der Waals surface area (Å²) in [7, 11) is 2.89. The Morgan fingerprint density at radius 2 is 1.85 bits per heavy atom. The molecule has 0 radical (unpaired) electrons. The number of hydrogen-bond donors (Lipinski definition) is 2. The quantitative estimate of drug-likeness (QED) is 0.523. The minimum Gasteiger partial charge on any atom is -0.497 e. The number of nitrogens with zero attached hydrogens (tertiary/aromatic N) is 2. The minimum absolute atomic E-state index is 0.0322. The molecular weight excluding hydrogens is 444 g/mol. The Hall–Kier alpha value is -3.76. The van der Waals surface area contributed by atoms with E-state index in [2.05, 4.69) is 15.7 Å². The molecule has 0 spiro atoms. The van der Waals surface area contributed by atoms with Gasteiger partial charge in [0.1, 0.15) is 23.1 Å². The van der Waals surface area contributed by atoms with Crippen molar-refractivity contribution in [3.8, 4) is 11.5 Å². The number of nitrogens with one attached hydrogen (secondary N) is 2. The van der Waals surface area contributed by atoms with Crippen molar-refractivity contribution in [3.63, 3.8) is 0 Å². The number of amides is 1. The summed E-state index contributed by atoms with van der Waals surface area (Å²) >= 11 is 0. The molecule has 2 atom stereocenters. The third kappa shape index (κ3) is 4.57. The smallest absolute Gasteiger partial charge is 0.410 e. The molecule has 11 heteroatoms. The molecule has 4 rings (SSSR count). The van der Waals surface area contributed by atoms with Crippen LogP contribution in [-0.2, 0) is 0 Å². The van der Waals surface area contributed by atoms with Gasteiger partial charge in [0, 0.05) is 18.6 Å². The molecule has 0 aliphatic carbocycles. The number of ether oxygens (including phenoxy) is 2. The predicted molar refractivity (Wildman–Crippen MR) is 112 cm³/mol. The summed E-state index contributed by atoms with van der Waals surface area (Å²) in [6, 6.07) is 8.49. The highest BCUT2D eigenvalue weighted by atomic mass is 19.4. The first-order chi connectivity index (χ1) is 15.7. The Balaban J connectivity index is 1.63. The molecule has 2 N–H and O–H groups in total. The third-order valence-electron chi connectivity index (χ3n) is 5.35. The number of methoxy groups -OCH3 is 2. The van der Waals surface area contributed by atoms with E-state index in [1.54, 1.807) is 18.2 Å². The normalized spacial score (nSPS) is 17.6. The molecule has 2 heterocycles. The summed E-state index contributed by atoms with van der Waals surface area (Å²) < 4.78 is 65.8. The Morgan fingerprint density at radius 1 is 1.12 bits per heavy atom. The van der Waals surface area contributed by atoms with Crippen molar-refractivity contribution in [1.29, 1.82) is 0 Å². The molecule has 7 nitrogen and oxygen atoms in total. The Labute approximate surface area is 186 Å². The lowest BCUT2D eigenvalue weighted by atomic mass is 9.97. The van der Waals surface area contributed by atoms with Crippen molar-refractivity contribution in [1.82, 2.24) is 9.78 Å². The van der Waals surface area contributed by atoms with Gasteiger partial charge < -0.3 is 20.1 Å². The van der Waals surface area contributed by atoms with Crippen LogP contribution in [0.5, 0.6) is 11.5 Å². The summed E-state index contributed by atoms with van der Waals surface area (Å²) in [6.07, 6.45) is -4.97. The fourth-order valence-corrected chi connectivity index (χ4v) is 3.69. The Morgan fingerprint density at radius 3 is 2.48 bits per heavy atom. The monoisotopic (exact) mass is 464 g/mol. The molecule has 1 amide bonds. The topological polar surface area (TPSA) is 77.4 Å². The summed E-state index contributed by atoms with van der Waals surface area (Å²) in [6.45, 7) is 0. The summed E-state index contributed by atoms with van der Waals surface area (Å²) in [5.74, 6) is -0.341. The van der Waals surface area contributed by atoms with Crippen molar-refractivity contribution < 1.29 is 31.8 Å². The van der Waals surface area contributed by atoms with E-state index in [9.17, 15) is 22.4 Å². The number of anilines is 2. The average Bonchev–Trinajstić information content (AvgIpc) is 3.22. The predicted octanol–water partition coefficient (Wildman–Crippen LogP) is 4.95. The summed E-state index contributed by atoms with van der Waals surface area (Å²) in [5, 5.41) is 9.49. The van der Waals surface area contributed by atoms with E-state index in [4.69, 9.17) is 9.47 Å². The molecule has 1 aromatic heterocycles. The SMILES string of the molecule is COc1ccc(NC(=O)c2cc3n(n2)C(C(F)(F)F)CC(c2ccc(F)cc2)N3)c(OC)c1. The molecule has 3 aromatic rings. The van der Waals surface area contributed by atoms with E-state index in [0.717, 1.165) is 4.68 Å². The highest BCUT2D eigenvalue weighted by Gasteiger charge is 2.46. The number of rotatable bonds is 5. The van der Waals surface area contributed by atoms with Gasteiger partial charge in [-0.25, -0.2) is 9.07 Å². The van der Waals surface area contributed by atoms with Gasteiger partial charge in [0.15, 0.2) is 11.7 Å². The zero-order chi connectivity index (χ0) is 23.8. The Kier molecular flexibility index (Phi) is 5.88. The number of aromatic nitrogens is 2. The van der Waals surface area contributed by atoms with Crippen molar-refractivity contribution in [3.05, 3.63) is 65.6 Å². The maximum absolute atomic E-state index is 13.8. The number of carbonyl (C=O) groups is 1. The molecule has 2 unspecified atom stereocenters. The van der Waals surface area contributed by atoms with Crippen molar-refractivity contribution in [2.45, 2.75) is 24.7 Å². The van der Waals surface area contributed by atoms with Gasteiger partial charge in [-0.05, 0) is 29.8 Å². The fourth-order valence-electron chi connectivity index (χ4n) is 3.69. The van der Waals surface area contributed by atoms with Crippen LogP contribution in [0.4, 0.5) is 29.1 Å². The highest BCUT2D eigenvalue weighted by Crippen LogP contribution is 2.43. The van der Waals surface area contributed by atoms with Crippen molar-refractivity contribution >= 4 is 17.4 Å². The van der Waals surface area contributed by atoms with Crippen LogP contribution in [0.2, 0.25) is 0 Å². The van der Waals surface area contributed by atoms with E-state index < -0.39 is 30.0 Å². The number of halogens is 4. The van der Waals surface area contributed by atoms with Gasteiger partial charge >= 0.3 is 6.18 Å². The number of alkyl halides is 3. The highest BCUT2D eigenvalue weighted by molar-refractivity contribution is 6.04. The lowest BCUT2D eigenvalue weighted by molar-refractivity contribution is -0.173. The maximum atomic E-state index is 13.8. The van der Waals surface area contributed by atoms with Crippen LogP contribution in [0.3, 0.4) is 0 Å². The van der Waals surface area contributed by atoms with Gasteiger partial charge in [0.25, 0.3) is 5.91 Å². The standard InChI is InChI=1S/C22H20F4N4O3/c1-32-14-7-8-15(18(9-14)33-2)28-21(31)17-11-20-27-16(12-3-5-13(23)6-4-12)10-19(22(24,25)26)30(20)29-17/h3-9,11,16,19,27H,10H2,1-2H3,(H,28,31). The second-order valence-corrected chi connectivity index (χ2v) is 7.42. The molecule has 0 saturated carbocycles. The fraction of sp³-hybridized carbons (Fsp3) is 0.273. The van der Waals surface area contributed by atoms with Gasteiger partial charge in [-0.3, -0.25) is 4.79 Å². The van der Waals surface area contributed by atoms with Crippen molar-refractivity contribution in [2.75, 3.05) is 24.9 Å². The Bertz CT molecular complexity index is 1160. The van der Waals surface area contributed by atoms with E-state index in [-0.39, 0.29) is 17.9 Å². The van der Waals surface area contributed by atoms with Crippen LogP contribution in [-0.4, -0.2) is 36.1 Å². The minimum atomic E-state index is -4.60. The van der Waals surface area contributed by atoms with E-state index in [1.165, 1.54) is 44.6 Å². The van der Waals surface area contributed by atoms with Crippen LogP contribution in [0, 0.1) is 5.82 Å². The molecule has 0 bridgehead atoms. The number of fused-ring (bicyclic) bond motifs is 1. The number of benzene rings is 2. The maximum Gasteiger partial charge on any atom is 0.410 e. The van der Waals surface area contributed by atoms with Gasteiger partial charge in [0.05, 0.1) is 25.9 Å². The average molecular weight is 464 g/mol. The lowest BCUT2D eigenvalue weighted by Gasteiger charge is -2.33. The molecule has 0 fully saturated rings. The summed E-state index contributed by atoms with van der Waals surface area (Å²) in [4.78, 5) is 12.8. The van der Waals surface area contributed by atoms with Crippen LogP contribution < -0.4 is 20.1 Å². The largest absolute Gasteiger partial charge is 0.497 e. The van der Waals surface area contributed by atoms with Gasteiger partial charge in [0.2, 0.25) is 0 Å². The van der Waals surface area contributed by atoms with Gasteiger partial charge in [-0.1, -0.05) is 12.1 Å². The molecule has 33 heavy (non-hydrogen) atoms.